The number of rotatable bonds is 2. The summed E-state index contributed by atoms with van der Waals surface area (Å²) in [5.74, 6) is 0. The Labute approximate surface area is 75.0 Å². The van der Waals surface area contributed by atoms with E-state index < -0.39 is 6.16 Å². The van der Waals surface area contributed by atoms with Crippen LogP contribution in [0.2, 0.25) is 0 Å². The normalized spacial score (nSPS) is 9.08. The smallest absolute Gasteiger partial charge is 0.428 e. The molecule has 64 valence electrons. The maximum atomic E-state index is 10.4. The fourth-order valence-corrected chi connectivity index (χ4v) is 0.783. The predicted octanol–water partition coefficient (Wildman–Crippen LogP) is 2.49. The van der Waals surface area contributed by atoms with Gasteiger partial charge in [-0.05, 0) is 5.56 Å². The lowest BCUT2D eigenvalue weighted by molar-refractivity contribution is 0.0963. The summed E-state index contributed by atoms with van der Waals surface area (Å²) in [5, 5.41) is 0. The molecular weight excluding hydrogens is 180 g/mol. The molecule has 0 saturated heterocycles. The molecule has 0 saturated carbocycles. The first kappa shape index (κ1) is 8.87. The average Bonchev–Trinajstić information content (AvgIpc) is 2.16. The predicted molar refractivity (Wildman–Crippen MR) is 43.6 cm³/mol. The van der Waals surface area contributed by atoms with Crippen molar-refractivity contribution in [2.75, 3.05) is 0 Å². The van der Waals surface area contributed by atoms with Crippen LogP contribution in [0.25, 0.3) is 0 Å². The van der Waals surface area contributed by atoms with Crippen LogP contribution in [0.4, 0.5) is 4.79 Å². The molecule has 3 nitrogen and oxygen atoms in total. The van der Waals surface area contributed by atoms with Crippen molar-refractivity contribution < 1.29 is 13.8 Å². The lowest BCUT2D eigenvalue weighted by atomic mass is 10.2. The quantitative estimate of drug-likeness (QED) is 0.666. The third kappa shape index (κ3) is 2.80. The van der Waals surface area contributed by atoms with Crippen LogP contribution < -0.4 is 0 Å². The number of benzene rings is 1. The minimum Gasteiger partial charge on any atom is -0.428 e. The number of carbonyl (C=O) groups is 1. The Morgan fingerprint density at radius 2 is 2.00 bits per heavy atom. The van der Waals surface area contributed by atoms with Gasteiger partial charge in [-0.2, -0.15) is 0 Å². The summed E-state index contributed by atoms with van der Waals surface area (Å²) in [6.07, 6.45) is -0.888. The van der Waals surface area contributed by atoms with Gasteiger partial charge < -0.3 is 9.03 Å². The fourth-order valence-electron chi connectivity index (χ4n) is 0.739. The van der Waals surface area contributed by atoms with Gasteiger partial charge in [0.05, 0.1) is 0 Å². The molecule has 0 unspecified atom stereocenters. The van der Waals surface area contributed by atoms with Gasteiger partial charge >= 0.3 is 6.16 Å². The SMILES string of the molecule is O=C(OCl)OCc1ccccc1. The molecule has 0 bridgehead atoms. The summed E-state index contributed by atoms with van der Waals surface area (Å²) < 4.78 is 8.37. The maximum absolute atomic E-state index is 10.4. The molecule has 1 aromatic carbocycles. The Kier molecular flexibility index (Phi) is 3.41. The summed E-state index contributed by atoms with van der Waals surface area (Å²) in [4.78, 5) is 10.4. The zero-order valence-electron chi connectivity index (χ0n) is 6.20. The van der Waals surface area contributed by atoms with Crippen molar-refractivity contribution in [1.29, 1.82) is 0 Å². The topological polar surface area (TPSA) is 35.5 Å². The van der Waals surface area contributed by atoms with Crippen LogP contribution in [0.5, 0.6) is 0 Å². The molecule has 0 aliphatic heterocycles. The van der Waals surface area contributed by atoms with Crippen LogP contribution >= 0.6 is 11.9 Å². The summed E-state index contributed by atoms with van der Waals surface area (Å²) in [7, 11) is 0. The highest BCUT2D eigenvalue weighted by Gasteiger charge is 2.01. The van der Waals surface area contributed by atoms with E-state index in [0.29, 0.717) is 0 Å². The highest BCUT2D eigenvalue weighted by molar-refractivity contribution is 6.12. The van der Waals surface area contributed by atoms with E-state index in [1.54, 1.807) is 0 Å². The second-order valence-corrected chi connectivity index (χ2v) is 2.26. The van der Waals surface area contributed by atoms with Crippen molar-refractivity contribution in [2.45, 2.75) is 6.61 Å². The van der Waals surface area contributed by atoms with E-state index in [2.05, 4.69) is 9.03 Å². The van der Waals surface area contributed by atoms with E-state index in [1.807, 2.05) is 30.3 Å². The van der Waals surface area contributed by atoms with Gasteiger partial charge in [0.1, 0.15) is 18.5 Å². The minimum absolute atomic E-state index is 0.173. The van der Waals surface area contributed by atoms with Crippen molar-refractivity contribution >= 4 is 18.0 Å². The first-order valence-corrected chi connectivity index (χ1v) is 3.63. The average molecular weight is 187 g/mol. The van der Waals surface area contributed by atoms with Gasteiger partial charge in [0.25, 0.3) is 0 Å². The van der Waals surface area contributed by atoms with E-state index in [-0.39, 0.29) is 6.61 Å². The van der Waals surface area contributed by atoms with Gasteiger partial charge in [0.2, 0.25) is 0 Å². The Bertz CT molecular complexity index is 248. The molecule has 1 rings (SSSR count). The number of hydrogen-bond acceptors (Lipinski definition) is 3. The molecule has 0 atom stereocenters. The molecule has 1 aromatic rings. The van der Waals surface area contributed by atoms with Crippen molar-refractivity contribution in [2.24, 2.45) is 0 Å². The van der Waals surface area contributed by atoms with E-state index >= 15 is 0 Å². The molecule has 12 heavy (non-hydrogen) atoms. The Balaban J connectivity index is 2.38. The standard InChI is InChI=1S/C8H7ClO3/c9-12-8(10)11-6-7-4-2-1-3-5-7/h1-5H,6H2. The van der Waals surface area contributed by atoms with E-state index in [0.717, 1.165) is 5.56 Å². The Morgan fingerprint density at radius 3 is 2.58 bits per heavy atom. The molecule has 0 aliphatic carbocycles. The lowest BCUT2D eigenvalue weighted by Crippen LogP contribution is -2.01. The van der Waals surface area contributed by atoms with Crippen LogP contribution in [0, 0.1) is 0 Å². The van der Waals surface area contributed by atoms with Crippen LogP contribution in [-0.2, 0) is 15.6 Å². The van der Waals surface area contributed by atoms with Crippen LogP contribution in [0.15, 0.2) is 30.3 Å². The third-order valence-corrected chi connectivity index (χ3v) is 1.39. The van der Waals surface area contributed by atoms with Gasteiger partial charge in [-0.1, -0.05) is 30.3 Å². The van der Waals surface area contributed by atoms with E-state index in [1.165, 1.54) is 0 Å². The largest absolute Gasteiger partial charge is 0.527 e. The summed E-state index contributed by atoms with van der Waals surface area (Å²) in [5.41, 5.74) is 0.888. The second-order valence-electron chi connectivity index (χ2n) is 2.10. The van der Waals surface area contributed by atoms with Crippen LogP contribution in [0.1, 0.15) is 5.56 Å². The molecular formula is C8H7ClO3. The molecule has 0 radical (unpaired) electrons. The third-order valence-electron chi connectivity index (χ3n) is 1.26. The van der Waals surface area contributed by atoms with Crippen LogP contribution in [0.3, 0.4) is 0 Å². The van der Waals surface area contributed by atoms with Crippen molar-refractivity contribution in [3.63, 3.8) is 0 Å². The number of halogens is 1. The maximum Gasteiger partial charge on any atom is 0.527 e. The van der Waals surface area contributed by atoms with Gasteiger partial charge in [0, 0.05) is 0 Å². The number of ether oxygens (including phenoxy) is 1. The summed E-state index contributed by atoms with van der Waals surface area (Å²) >= 11 is 4.74. The fraction of sp³-hybridized carbons (Fsp3) is 0.125. The molecule has 0 heterocycles. The lowest BCUT2D eigenvalue weighted by Gasteiger charge is -2.00. The number of carbonyl (C=O) groups excluding carboxylic acids is 1. The first-order chi connectivity index (χ1) is 5.83. The Hall–Kier alpha value is -1.22. The van der Waals surface area contributed by atoms with E-state index in [9.17, 15) is 4.79 Å². The highest BCUT2D eigenvalue weighted by atomic mass is 35.5. The van der Waals surface area contributed by atoms with Crippen molar-refractivity contribution in [3.05, 3.63) is 35.9 Å². The second kappa shape index (κ2) is 4.62. The van der Waals surface area contributed by atoms with Gasteiger partial charge in [-0.25, -0.2) is 4.79 Å². The molecule has 0 fully saturated rings. The van der Waals surface area contributed by atoms with Crippen molar-refractivity contribution in [3.8, 4) is 0 Å². The molecule has 0 N–H and O–H groups in total. The zero-order chi connectivity index (χ0) is 8.81. The first-order valence-electron chi connectivity index (χ1n) is 3.32. The molecule has 0 amide bonds. The molecule has 0 spiro atoms. The summed E-state index contributed by atoms with van der Waals surface area (Å²) in [6.45, 7) is 0.173. The van der Waals surface area contributed by atoms with E-state index in [4.69, 9.17) is 11.9 Å². The number of hydrogen-bond donors (Lipinski definition) is 0. The molecule has 4 heteroatoms. The zero-order valence-corrected chi connectivity index (χ0v) is 6.95. The molecule has 0 aliphatic rings. The highest BCUT2D eigenvalue weighted by Crippen LogP contribution is 2.01. The van der Waals surface area contributed by atoms with Crippen LogP contribution in [-0.4, -0.2) is 6.16 Å². The Morgan fingerprint density at radius 1 is 1.33 bits per heavy atom. The minimum atomic E-state index is -0.888. The summed E-state index contributed by atoms with van der Waals surface area (Å²) in [6, 6.07) is 9.25. The molecule has 0 aromatic heterocycles. The monoisotopic (exact) mass is 186 g/mol. The van der Waals surface area contributed by atoms with Crippen molar-refractivity contribution in [1.82, 2.24) is 0 Å². The van der Waals surface area contributed by atoms with Gasteiger partial charge in [-0.15, -0.1) is 0 Å². The van der Waals surface area contributed by atoms with Gasteiger partial charge in [0.15, 0.2) is 0 Å². The van der Waals surface area contributed by atoms with Gasteiger partial charge in [-0.3, -0.25) is 0 Å².